The molecule has 1 heterocycles. The molecule has 0 fully saturated rings. The molecule has 1 atom stereocenters. The molecule has 1 amide bonds. The molecule has 1 aliphatic heterocycles. The van der Waals surface area contributed by atoms with Gasteiger partial charge in [-0.1, -0.05) is 23.7 Å². The number of benzene rings is 2. The molecule has 2 aromatic carbocycles. The van der Waals surface area contributed by atoms with Gasteiger partial charge in [0.25, 0.3) is 5.91 Å². The van der Waals surface area contributed by atoms with E-state index in [1.807, 2.05) is 23.1 Å². The molecule has 0 spiro atoms. The molecule has 3 nitrogen and oxygen atoms in total. The number of carbonyl (C=O) groups is 1. The zero-order chi connectivity index (χ0) is 16.2. The highest BCUT2D eigenvalue weighted by Crippen LogP contribution is 2.34. The van der Waals surface area contributed by atoms with Crippen molar-refractivity contribution in [2.24, 2.45) is 0 Å². The summed E-state index contributed by atoms with van der Waals surface area (Å²) in [5, 5.41) is 0.648. The molecule has 0 bridgehead atoms. The summed E-state index contributed by atoms with van der Waals surface area (Å²) in [6, 6.07) is 15.1. The highest BCUT2D eigenvalue weighted by Gasteiger charge is 2.26. The fraction of sp³-hybridized carbons (Fsp3) is 0.278. The van der Waals surface area contributed by atoms with Crippen molar-refractivity contribution in [3.63, 3.8) is 0 Å². The summed E-state index contributed by atoms with van der Waals surface area (Å²) in [7, 11) is 0. The van der Waals surface area contributed by atoms with E-state index in [9.17, 15) is 4.79 Å². The van der Waals surface area contributed by atoms with Crippen molar-refractivity contribution in [1.29, 1.82) is 0 Å². The van der Waals surface area contributed by atoms with E-state index in [0.29, 0.717) is 10.8 Å². The van der Waals surface area contributed by atoms with Crippen molar-refractivity contribution >= 4 is 35.0 Å². The average molecular weight is 348 g/mol. The first-order valence-electron chi connectivity index (χ1n) is 7.60. The van der Waals surface area contributed by atoms with Gasteiger partial charge in [0.15, 0.2) is 6.10 Å². The lowest BCUT2D eigenvalue weighted by molar-refractivity contribution is -0.124. The lowest BCUT2D eigenvalue weighted by Gasteiger charge is -2.26. The van der Waals surface area contributed by atoms with Gasteiger partial charge in [-0.25, -0.2) is 0 Å². The average Bonchev–Trinajstić information content (AvgIpc) is 2.78. The van der Waals surface area contributed by atoms with Gasteiger partial charge in [0.05, 0.1) is 5.69 Å². The number of fused-ring (bicyclic) bond motifs is 1. The molecule has 1 aliphatic rings. The summed E-state index contributed by atoms with van der Waals surface area (Å²) in [4.78, 5) is 15.8. The van der Waals surface area contributed by atoms with Crippen LogP contribution in [-0.4, -0.2) is 24.3 Å². The summed E-state index contributed by atoms with van der Waals surface area (Å²) >= 11 is 7.67. The molecule has 0 saturated heterocycles. The largest absolute Gasteiger partial charge is 0.481 e. The van der Waals surface area contributed by atoms with E-state index < -0.39 is 6.10 Å². The van der Waals surface area contributed by atoms with Crippen LogP contribution in [0.25, 0.3) is 0 Å². The van der Waals surface area contributed by atoms with Gasteiger partial charge in [0.1, 0.15) is 5.75 Å². The minimum absolute atomic E-state index is 0.0186. The van der Waals surface area contributed by atoms with Gasteiger partial charge in [0.2, 0.25) is 0 Å². The second-order valence-electron chi connectivity index (χ2n) is 5.37. The molecular weight excluding hydrogens is 330 g/mol. The van der Waals surface area contributed by atoms with E-state index in [1.165, 1.54) is 0 Å². The Morgan fingerprint density at radius 1 is 1.22 bits per heavy atom. The smallest absolute Gasteiger partial charge is 0.267 e. The third-order valence-electron chi connectivity index (χ3n) is 3.68. The van der Waals surface area contributed by atoms with E-state index in [1.54, 1.807) is 43.0 Å². The van der Waals surface area contributed by atoms with Crippen LogP contribution in [0.15, 0.2) is 53.4 Å². The van der Waals surface area contributed by atoms with Crippen LogP contribution in [0.3, 0.4) is 0 Å². The van der Waals surface area contributed by atoms with Crippen molar-refractivity contribution in [3.05, 3.63) is 53.6 Å². The zero-order valence-electron chi connectivity index (χ0n) is 12.9. The number of rotatable bonds is 3. The number of anilines is 1. The number of para-hydroxylation sites is 1. The lowest BCUT2D eigenvalue weighted by atomic mass is 10.2. The third kappa shape index (κ3) is 3.82. The highest BCUT2D eigenvalue weighted by molar-refractivity contribution is 7.99. The van der Waals surface area contributed by atoms with E-state index in [0.717, 1.165) is 29.3 Å². The maximum Gasteiger partial charge on any atom is 0.267 e. The van der Waals surface area contributed by atoms with Crippen LogP contribution in [0.5, 0.6) is 5.75 Å². The molecular formula is C18H18ClNO2S. The summed E-state index contributed by atoms with van der Waals surface area (Å²) < 4.78 is 5.78. The van der Waals surface area contributed by atoms with Gasteiger partial charge >= 0.3 is 0 Å². The molecule has 3 rings (SSSR count). The fourth-order valence-electron chi connectivity index (χ4n) is 2.54. The Morgan fingerprint density at radius 3 is 2.74 bits per heavy atom. The van der Waals surface area contributed by atoms with Crippen LogP contribution in [0, 0.1) is 0 Å². The predicted molar refractivity (Wildman–Crippen MR) is 95.7 cm³/mol. The molecule has 0 N–H and O–H groups in total. The SMILES string of the molecule is CC(Oc1ccc(Cl)cc1)C(=O)N1CCCSc2ccccc21. The summed E-state index contributed by atoms with van der Waals surface area (Å²) in [6.07, 6.45) is 0.422. The molecule has 0 aromatic heterocycles. The van der Waals surface area contributed by atoms with Crippen molar-refractivity contribution < 1.29 is 9.53 Å². The number of thioether (sulfide) groups is 1. The van der Waals surface area contributed by atoms with Crippen molar-refractivity contribution in [3.8, 4) is 5.75 Å². The normalized spacial score (nSPS) is 15.5. The summed E-state index contributed by atoms with van der Waals surface area (Å²) in [5.41, 5.74) is 0.978. The van der Waals surface area contributed by atoms with Gasteiger partial charge in [0, 0.05) is 16.5 Å². The minimum Gasteiger partial charge on any atom is -0.481 e. The lowest BCUT2D eigenvalue weighted by Crippen LogP contribution is -2.41. The topological polar surface area (TPSA) is 29.5 Å². The quantitative estimate of drug-likeness (QED) is 0.810. The maximum absolute atomic E-state index is 12.9. The minimum atomic E-state index is -0.549. The Hall–Kier alpha value is -1.65. The Morgan fingerprint density at radius 2 is 1.96 bits per heavy atom. The highest BCUT2D eigenvalue weighted by atomic mass is 35.5. The Kier molecular flexibility index (Phi) is 5.13. The zero-order valence-corrected chi connectivity index (χ0v) is 14.4. The standard InChI is InChI=1S/C18H18ClNO2S/c1-13(22-15-9-7-14(19)8-10-15)18(21)20-11-4-12-23-17-6-3-2-5-16(17)20/h2-3,5-10,13H,4,11-12H2,1H3. The maximum atomic E-state index is 12.9. The van der Waals surface area contributed by atoms with Crippen LogP contribution < -0.4 is 9.64 Å². The van der Waals surface area contributed by atoms with Crippen molar-refractivity contribution in [1.82, 2.24) is 0 Å². The van der Waals surface area contributed by atoms with Gasteiger partial charge in [-0.3, -0.25) is 4.79 Å². The summed E-state index contributed by atoms with van der Waals surface area (Å²) in [6.45, 7) is 2.51. The van der Waals surface area contributed by atoms with Crippen molar-refractivity contribution in [2.75, 3.05) is 17.2 Å². The Balaban J connectivity index is 1.77. The van der Waals surface area contributed by atoms with Gasteiger partial charge in [-0.05, 0) is 55.5 Å². The van der Waals surface area contributed by atoms with E-state index in [4.69, 9.17) is 16.3 Å². The van der Waals surface area contributed by atoms with Crippen LogP contribution >= 0.6 is 23.4 Å². The molecule has 2 aromatic rings. The first-order valence-corrected chi connectivity index (χ1v) is 8.97. The fourth-order valence-corrected chi connectivity index (χ4v) is 3.66. The number of hydrogen-bond acceptors (Lipinski definition) is 3. The van der Waals surface area contributed by atoms with Gasteiger partial charge in [-0.2, -0.15) is 0 Å². The molecule has 1 unspecified atom stereocenters. The second-order valence-corrected chi connectivity index (χ2v) is 6.95. The van der Waals surface area contributed by atoms with Crippen LogP contribution in [-0.2, 0) is 4.79 Å². The van der Waals surface area contributed by atoms with Crippen LogP contribution in [0.1, 0.15) is 13.3 Å². The van der Waals surface area contributed by atoms with Crippen LogP contribution in [0.4, 0.5) is 5.69 Å². The van der Waals surface area contributed by atoms with Crippen LogP contribution in [0.2, 0.25) is 5.02 Å². The van der Waals surface area contributed by atoms with Gasteiger partial charge < -0.3 is 9.64 Å². The number of halogens is 1. The second kappa shape index (κ2) is 7.28. The molecule has 0 saturated carbocycles. The molecule has 0 aliphatic carbocycles. The number of ether oxygens (including phenoxy) is 1. The number of amides is 1. The summed E-state index contributed by atoms with van der Waals surface area (Å²) in [5.74, 6) is 1.65. The number of carbonyl (C=O) groups excluding carboxylic acids is 1. The van der Waals surface area contributed by atoms with Crippen molar-refractivity contribution in [2.45, 2.75) is 24.3 Å². The number of nitrogens with zero attached hydrogens (tertiary/aromatic N) is 1. The van der Waals surface area contributed by atoms with Gasteiger partial charge in [-0.15, -0.1) is 11.8 Å². The Bertz CT molecular complexity index is 690. The molecule has 5 heteroatoms. The predicted octanol–water partition coefficient (Wildman–Crippen LogP) is 4.64. The van der Waals surface area contributed by atoms with E-state index in [-0.39, 0.29) is 5.91 Å². The first kappa shape index (κ1) is 16.2. The monoisotopic (exact) mass is 347 g/mol. The van der Waals surface area contributed by atoms with E-state index >= 15 is 0 Å². The van der Waals surface area contributed by atoms with E-state index in [2.05, 4.69) is 6.07 Å². The first-order chi connectivity index (χ1) is 11.1. The third-order valence-corrected chi connectivity index (χ3v) is 5.08. The number of hydrogen-bond donors (Lipinski definition) is 0. The molecule has 0 radical (unpaired) electrons. The molecule has 23 heavy (non-hydrogen) atoms. The molecule has 120 valence electrons. The Labute approximate surface area is 145 Å².